The zero-order valence-electron chi connectivity index (χ0n) is 9.86. The molecule has 0 amide bonds. The average molecular weight is 234 g/mol. The van der Waals surface area contributed by atoms with Gasteiger partial charge in [-0.05, 0) is 30.4 Å². The van der Waals surface area contributed by atoms with Crippen LogP contribution >= 0.6 is 11.8 Å². The van der Waals surface area contributed by atoms with Crippen LogP contribution in [0.5, 0.6) is 0 Å². The zero-order chi connectivity index (χ0) is 11.8. The molecule has 0 aliphatic rings. The smallest absolute Gasteiger partial charge is 0.0991 e. The van der Waals surface area contributed by atoms with Crippen molar-refractivity contribution >= 4 is 11.8 Å². The molecule has 1 N–H and O–H groups in total. The van der Waals surface area contributed by atoms with Crippen molar-refractivity contribution in [1.82, 2.24) is 5.32 Å². The molecule has 1 rings (SSSR count). The summed E-state index contributed by atoms with van der Waals surface area (Å²) in [5, 5.41) is 12.2. The molecule has 1 atom stereocenters. The molecule has 0 heterocycles. The first-order valence-corrected chi connectivity index (χ1v) is 6.74. The molecule has 1 unspecified atom stereocenters. The predicted octanol–water partition coefficient (Wildman–Crippen LogP) is 2.96. The van der Waals surface area contributed by atoms with Crippen molar-refractivity contribution in [2.24, 2.45) is 0 Å². The second-order valence-corrected chi connectivity index (χ2v) is 5.00. The molecule has 0 aromatic heterocycles. The summed E-state index contributed by atoms with van der Waals surface area (Å²) in [6, 6.07) is 10.3. The quantitative estimate of drug-likeness (QED) is 0.769. The van der Waals surface area contributed by atoms with Crippen molar-refractivity contribution in [3.8, 4) is 6.07 Å². The van der Waals surface area contributed by atoms with E-state index < -0.39 is 0 Å². The number of nitriles is 1. The van der Waals surface area contributed by atoms with Crippen molar-refractivity contribution < 1.29 is 0 Å². The SMILES string of the molecule is CCSCCNC(C)c1ccc(C#N)cc1. The van der Waals surface area contributed by atoms with E-state index in [1.807, 2.05) is 36.0 Å². The van der Waals surface area contributed by atoms with E-state index in [-0.39, 0.29) is 0 Å². The maximum atomic E-state index is 8.70. The Morgan fingerprint density at radius 2 is 2.06 bits per heavy atom. The second kappa shape index (κ2) is 7.32. The van der Waals surface area contributed by atoms with E-state index in [1.165, 1.54) is 11.3 Å². The minimum absolute atomic E-state index is 0.352. The van der Waals surface area contributed by atoms with E-state index >= 15 is 0 Å². The van der Waals surface area contributed by atoms with Gasteiger partial charge >= 0.3 is 0 Å². The van der Waals surface area contributed by atoms with Crippen molar-refractivity contribution in [3.63, 3.8) is 0 Å². The van der Waals surface area contributed by atoms with Gasteiger partial charge in [0.15, 0.2) is 0 Å². The molecule has 0 bridgehead atoms. The largest absolute Gasteiger partial charge is 0.309 e. The molecule has 1 aromatic rings. The lowest BCUT2D eigenvalue weighted by atomic mass is 10.1. The third-order valence-corrected chi connectivity index (χ3v) is 3.34. The van der Waals surface area contributed by atoms with Crippen LogP contribution in [0, 0.1) is 11.3 Å². The van der Waals surface area contributed by atoms with E-state index in [0.29, 0.717) is 6.04 Å². The summed E-state index contributed by atoms with van der Waals surface area (Å²) >= 11 is 1.95. The fourth-order valence-corrected chi connectivity index (χ4v) is 2.01. The molecule has 0 spiro atoms. The van der Waals surface area contributed by atoms with Crippen molar-refractivity contribution in [2.75, 3.05) is 18.1 Å². The highest BCUT2D eigenvalue weighted by atomic mass is 32.2. The van der Waals surface area contributed by atoms with Crippen LogP contribution in [0.4, 0.5) is 0 Å². The summed E-state index contributed by atoms with van der Waals surface area (Å²) in [7, 11) is 0. The number of nitrogens with one attached hydrogen (secondary N) is 1. The fraction of sp³-hybridized carbons (Fsp3) is 0.462. The lowest BCUT2D eigenvalue weighted by Crippen LogP contribution is -2.21. The first kappa shape index (κ1) is 13.1. The molecule has 0 saturated heterocycles. The maximum Gasteiger partial charge on any atom is 0.0991 e. The Kier molecular flexibility index (Phi) is 5.99. The number of nitrogens with zero attached hydrogens (tertiary/aromatic N) is 1. The van der Waals surface area contributed by atoms with Crippen LogP contribution in [-0.2, 0) is 0 Å². The molecule has 3 heteroatoms. The first-order valence-electron chi connectivity index (χ1n) is 5.59. The molecule has 0 saturated carbocycles. The Morgan fingerprint density at radius 1 is 1.38 bits per heavy atom. The topological polar surface area (TPSA) is 35.8 Å². The van der Waals surface area contributed by atoms with Crippen molar-refractivity contribution in [1.29, 1.82) is 5.26 Å². The standard InChI is InChI=1S/C13H18N2S/c1-3-16-9-8-15-11(2)13-6-4-12(10-14)5-7-13/h4-7,11,15H,3,8-9H2,1-2H3. The number of hydrogen-bond donors (Lipinski definition) is 1. The number of thioether (sulfide) groups is 1. The Labute approximate surface area is 102 Å². The van der Waals surface area contributed by atoms with Gasteiger partial charge in [0.05, 0.1) is 11.6 Å². The Hall–Kier alpha value is -0.980. The molecule has 16 heavy (non-hydrogen) atoms. The molecule has 1 aromatic carbocycles. The Morgan fingerprint density at radius 3 is 2.62 bits per heavy atom. The molecule has 86 valence electrons. The Balaban J connectivity index is 2.40. The molecule has 0 radical (unpaired) electrons. The molecular weight excluding hydrogens is 216 g/mol. The van der Waals surface area contributed by atoms with E-state index in [1.54, 1.807) is 0 Å². The van der Waals surface area contributed by atoms with E-state index in [2.05, 4.69) is 25.2 Å². The van der Waals surface area contributed by atoms with Crippen LogP contribution < -0.4 is 5.32 Å². The highest BCUT2D eigenvalue weighted by molar-refractivity contribution is 7.99. The van der Waals surface area contributed by atoms with Crippen LogP contribution in [0.2, 0.25) is 0 Å². The highest BCUT2D eigenvalue weighted by Crippen LogP contribution is 2.12. The molecule has 0 aliphatic heterocycles. The summed E-state index contributed by atoms with van der Waals surface area (Å²) in [4.78, 5) is 0. The number of hydrogen-bond acceptors (Lipinski definition) is 3. The van der Waals surface area contributed by atoms with Crippen LogP contribution in [0.25, 0.3) is 0 Å². The van der Waals surface area contributed by atoms with Crippen LogP contribution in [0.15, 0.2) is 24.3 Å². The van der Waals surface area contributed by atoms with Crippen LogP contribution in [0.3, 0.4) is 0 Å². The monoisotopic (exact) mass is 234 g/mol. The van der Waals surface area contributed by atoms with Crippen LogP contribution in [-0.4, -0.2) is 18.1 Å². The molecule has 0 aliphatic carbocycles. The first-order chi connectivity index (χ1) is 7.77. The summed E-state index contributed by atoms with van der Waals surface area (Å²) < 4.78 is 0. The summed E-state index contributed by atoms with van der Waals surface area (Å²) in [6.45, 7) is 5.35. The minimum Gasteiger partial charge on any atom is -0.309 e. The molecular formula is C13H18N2S. The van der Waals surface area contributed by atoms with Crippen molar-refractivity contribution in [2.45, 2.75) is 19.9 Å². The minimum atomic E-state index is 0.352. The second-order valence-electron chi connectivity index (χ2n) is 3.61. The summed E-state index contributed by atoms with van der Waals surface area (Å²) in [5.74, 6) is 2.32. The maximum absolute atomic E-state index is 8.70. The number of benzene rings is 1. The van der Waals surface area contributed by atoms with Gasteiger partial charge in [0.1, 0.15) is 0 Å². The van der Waals surface area contributed by atoms with Gasteiger partial charge in [-0.25, -0.2) is 0 Å². The van der Waals surface area contributed by atoms with Gasteiger partial charge in [-0.1, -0.05) is 19.1 Å². The normalized spacial score (nSPS) is 12.1. The zero-order valence-corrected chi connectivity index (χ0v) is 10.7. The fourth-order valence-electron chi connectivity index (χ4n) is 1.46. The lowest BCUT2D eigenvalue weighted by Gasteiger charge is -2.13. The van der Waals surface area contributed by atoms with Gasteiger partial charge in [-0.15, -0.1) is 0 Å². The summed E-state index contributed by atoms with van der Waals surface area (Å²) in [5.41, 5.74) is 1.96. The van der Waals surface area contributed by atoms with Gasteiger partial charge in [0.25, 0.3) is 0 Å². The van der Waals surface area contributed by atoms with Gasteiger partial charge in [-0.3, -0.25) is 0 Å². The van der Waals surface area contributed by atoms with E-state index in [0.717, 1.165) is 17.9 Å². The third kappa shape index (κ3) is 4.26. The molecule has 2 nitrogen and oxygen atoms in total. The third-order valence-electron chi connectivity index (χ3n) is 2.44. The van der Waals surface area contributed by atoms with Crippen LogP contribution in [0.1, 0.15) is 31.0 Å². The van der Waals surface area contributed by atoms with Gasteiger partial charge in [-0.2, -0.15) is 17.0 Å². The predicted molar refractivity (Wildman–Crippen MR) is 70.6 cm³/mol. The summed E-state index contributed by atoms with van der Waals surface area (Å²) in [6.07, 6.45) is 0. The van der Waals surface area contributed by atoms with E-state index in [9.17, 15) is 0 Å². The van der Waals surface area contributed by atoms with E-state index in [4.69, 9.17) is 5.26 Å². The average Bonchev–Trinajstić information content (AvgIpc) is 2.34. The molecule has 0 fully saturated rings. The van der Waals surface area contributed by atoms with Gasteiger partial charge < -0.3 is 5.32 Å². The van der Waals surface area contributed by atoms with Gasteiger partial charge in [0.2, 0.25) is 0 Å². The van der Waals surface area contributed by atoms with Crippen molar-refractivity contribution in [3.05, 3.63) is 35.4 Å². The van der Waals surface area contributed by atoms with Gasteiger partial charge in [0, 0.05) is 18.3 Å². The highest BCUT2D eigenvalue weighted by Gasteiger charge is 2.03. The lowest BCUT2D eigenvalue weighted by molar-refractivity contribution is 0.601. The Bertz CT molecular complexity index is 340. The number of rotatable bonds is 6.